The van der Waals surface area contributed by atoms with Crippen LogP contribution in [0.1, 0.15) is 50.3 Å². The molecule has 4 unspecified atom stereocenters. The molecule has 0 radical (unpaired) electrons. The number of allylic oxidation sites excluding steroid dienone is 1. The second kappa shape index (κ2) is 10.2. The van der Waals surface area contributed by atoms with Crippen LogP contribution >= 0.6 is 11.6 Å². The summed E-state index contributed by atoms with van der Waals surface area (Å²) in [7, 11) is 1.50. The summed E-state index contributed by atoms with van der Waals surface area (Å²) in [6.45, 7) is 3.58. The Kier molecular flexibility index (Phi) is 7.74. The number of carbonyl (C=O) groups excluding carboxylic acids is 1. The van der Waals surface area contributed by atoms with Gasteiger partial charge >= 0.3 is 5.97 Å². The van der Waals surface area contributed by atoms with Gasteiger partial charge in [0, 0.05) is 24.2 Å². The lowest BCUT2D eigenvalue weighted by molar-refractivity contribution is -0.150. The van der Waals surface area contributed by atoms with Crippen LogP contribution in [0.5, 0.6) is 5.75 Å². The van der Waals surface area contributed by atoms with Crippen molar-refractivity contribution in [2.45, 2.75) is 51.7 Å². The third-order valence-corrected chi connectivity index (χ3v) is 7.00. The van der Waals surface area contributed by atoms with Crippen molar-refractivity contribution in [1.29, 1.82) is 0 Å². The first-order valence-electron chi connectivity index (χ1n) is 11.1. The topological polar surface area (TPSA) is 122 Å². The van der Waals surface area contributed by atoms with Gasteiger partial charge in [-0.25, -0.2) is 10.2 Å². The summed E-state index contributed by atoms with van der Waals surface area (Å²) < 4.78 is 19.9. The highest BCUT2D eigenvalue weighted by Gasteiger charge is 2.42. The average molecular weight is 483 g/mol. The minimum absolute atomic E-state index is 0.0937. The second-order valence-corrected chi connectivity index (χ2v) is 9.21. The highest BCUT2D eigenvalue weighted by molar-refractivity contribution is 6.31. The van der Waals surface area contributed by atoms with E-state index in [0.717, 1.165) is 22.6 Å². The number of rotatable bonds is 7. The smallest absolute Gasteiger partial charge is 0.307 e. The Morgan fingerprint density at radius 2 is 2.03 bits per heavy atom. The molecule has 1 heterocycles. The molecule has 2 aliphatic rings. The molecule has 1 aliphatic carbocycles. The van der Waals surface area contributed by atoms with Gasteiger partial charge in [-0.05, 0) is 50.8 Å². The first-order valence-corrected chi connectivity index (χ1v) is 11.5. The van der Waals surface area contributed by atoms with Gasteiger partial charge in [0.05, 0.1) is 29.3 Å². The number of ether oxygens (including phenoxy) is 1. The Hall–Kier alpha value is -2.52. The molecule has 1 fully saturated rings. The number of hydrogen-bond acceptors (Lipinski definition) is 6. The zero-order valence-corrected chi connectivity index (χ0v) is 19.9. The zero-order valence-electron chi connectivity index (χ0n) is 19.2. The van der Waals surface area contributed by atoms with Crippen molar-refractivity contribution in [1.82, 2.24) is 9.91 Å². The van der Waals surface area contributed by atoms with Crippen molar-refractivity contribution >= 4 is 23.5 Å². The molecular weight excluding hydrogens is 451 g/mol. The van der Waals surface area contributed by atoms with Crippen molar-refractivity contribution in [3.63, 3.8) is 0 Å². The van der Waals surface area contributed by atoms with Crippen LogP contribution in [0.4, 0.5) is 4.39 Å². The van der Waals surface area contributed by atoms with Crippen molar-refractivity contribution in [3.8, 4) is 5.75 Å². The zero-order chi connectivity index (χ0) is 24.4. The number of carbonyl (C=O) groups is 2. The van der Waals surface area contributed by atoms with Crippen LogP contribution in [0.15, 0.2) is 23.5 Å². The Bertz CT molecular complexity index is 943. The molecule has 5 N–H and O–H groups in total. The Morgan fingerprint density at radius 1 is 1.36 bits per heavy atom. The van der Waals surface area contributed by atoms with Crippen LogP contribution in [0.2, 0.25) is 5.02 Å². The standard InChI is InChI=1S/C23H32ClFN4O4/c1-12(25)21(28(3)27)18(26)11-33-19-8-7-17(24)16-9-10-29(13(2)20(16)19)22(30)14-5-4-6-15(14)23(31)32/h7-8,12-15H,4-6,9-11,26-27H2,1-3H3,(H,31,32)/b21-18-. The van der Waals surface area contributed by atoms with E-state index >= 15 is 0 Å². The van der Waals surface area contributed by atoms with E-state index < -0.39 is 24.0 Å². The third kappa shape index (κ3) is 5.04. The number of hydrazine groups is 1. The molecular formula is C23H32ClFN4O4. The van der Waals surface area contributed by atoms with E-state index in [-0.39, 0.29) is 29.9 Å². The van der Waals surface area contributed by atoms with E-state index in [1.165, 1.54) is 14.0 Å². The fraction of sp³-hybridized carbons (Fsp3) is 0.565. The largest absolute Gasteiger partial charge is 0.487 e. The van der Waals surface area contributed by atoms with Gasteiger partial charge < -0.3 is 25.5 Å². The Labute approximate surface area is 198 Å². The van der Waals surface area contributed by atoms with Crippen molar-refractivity contribution in [3.05, 3.63) is 39.7 Å². The van der Waals surface area contributed by atoms with Gasteiger partial charge in [0.2, 0.25) is 5.91 Å². The number of carboxylic acids is 1. The molecule has 182 valence electrons. The number of benzene rings is 1. The lowest BCUT2D eigenvalue weighted by atomic mass is 9.89. The van der Waals surface area contributed by atoms with E-state index in [0.29, 0.717) is 36.6 Å². The average Bonchev–Trinajstić information content (AvgIpc) is 3.23. The minimum Gasteiger partial charge on any atom is -0.487 e. The quantitative estimate of drug-likeness (QED) is 0.403. The summed E-state index contributed by atoms with van der Waals surface area (Å²) >= 11 is 6.45. The molecule has 1 aliphatic heterocycles. The maximum Gasteiger partial charge on any atom is 0.307 e. The first kappa shape index (κ1) is 25.1. The molecule has 0 saturated heterocycles. The molecule has 33 heavy (non-hydrogen) atoms. The highest BCUT2D eigenvalue weighted by atomic mass is 35.5. The van der Waals surface area contributed by atoms with E-state index in [1.807, 2.05) is 6.92 Å². The van der Waals surface area contributed by atoms with Gasteiger partial charge in [0.1, 0.15) is 18.5 Å². The van der Waals surface area contributed by atoms with Crippen LogP contribution in [-0.4, -0.2) is 53.3 Å². The maximum absolute atomic E-state index is 13.9. The predicted molar refractivity (Wildman–Crippen MR) is 123 cm³/mol. The molecule has 1 amide bonds. The lowest BCUT2D eigenvalue weighted by Crippen LogP contribution is -2.44. The van der Waals surface area contributed by atoms with Gasteiger partial charge in [-0.3, -0.25) is 9.59 Å². The van der Waals surface area contributed by atoms with Gasteiger partial charge in [-0.15, -0.1) is 0 Å². The summed E-state index contributed by atoms with van der Waals surface area (Å²) in [6.07, 6.45) is 0.964. The Balaban J connectivity index is 1.88. The van der Waals surface area contributed by atoms with E-state index in [9.17, 15) is 19.1 Å². The van der Waals surface area contributed by atoms with Crippen LogP contribution in [-0.2, 0) is 16.0 Å². The van der Waals surface area contributed by atoms with E-state index in [4.69, 9.17) is 27.9 Å². The van der Waals surface area contributed by atoms with Gasteiger partial charge in [-0.1, -0.05) is 18.0 Å². The van der Waals surface area contributed by atoms with Crippen LogP contribution in [0, 0.1) is 11.8 Å². The maximum atomic E-state index is 13.9. The van der Waals surface area contributed by atoms with E-state index in [1.54, 1.807) is 17.0 Å². The number of halogens is 2. The number of carboxylic acid groups (broad SMARTS) is 1. The molecule has 4 atom stereocenters. The second-order valence-electron chi connectivity index (χ2n) is 8.80. The fourth-order valence-electron chi connectivity index (χ4n) is 5.09. The molecule has 10 heteroatoms. The number of amides is 1. The molecule has 0 spiro atoms. The number of fused-ring (bicyclic) bond motifs is 1. The van der Waals surface area contributed by atoms with Gasteiger partial charge in [-0.2, -0.15) is 0 Å². The molecule has 1 saturated carbocycles. The van der Waals surface area contributed by atoms with Gasteiger partial charge in [0.15, 0.2) is 0 Å². The molecule has 1 aromatic rings. The van der Waals surface area contributed by atoms with Crippen LogP contribution in [0.25, 0.3) is 0 Å². The van der Waals surface area contributed by atoms with E-state index in [2.05, 4.69) is 0 Å². The molecule has 3 rings (SSSR count). The van der Waals surface area contributed by atoms with Crippen molar-refractivity contribution in [2.75, 3.05) is 20.2 Å². The number of hydrogen-bond donors (Lipinski definition) is 3. The fourth-order valence-corrected chi connectivity index (χ4v) is 5.35. The number of nitrogens with zero attached hydrogens (tertiary/aromatic N) is 2. The predicted octanol–water partition coefficient (Wildman–Crippen LogP) is 3.00. The normalized spacial score (nSPS) is 24.1. The molecule has 8 nitrogen and oxygen atoms in total. The van der Waals surface area contributed by atoms with Crippen LogP contribution < -0.4 is 16.3 Å². The monoisotopic (exact) mass is 482 g/mol. The molecule has 1 aromatic carbocycles. The summed E-state index contributed by atoms with van der Waals surface area (Å²) in [5.74, 6) is 3.94. The highest BCUT2D eigenvalue weighted by Crippen LogP contribution is 2.42. The molecule has 0 bridgehead atoms. The van der Waals surface area contributed by atoms with Crippen molar-refractivity contribution < 1.29 is 23.8 Å². The summed E-state index contributed by atoms with van der Waals surface area (Å²) in [6, 6.07) is 3.07. The first-order chi connectivity index (χ1) is 15.5. The number of aliphatic carboxylic acids is 1. The summed E-state index contributed by atoms with van der Waals surface area (Å²) in [5.41, 5.74) is 7.98. The summed E-state index contributed by atoms with van der Waals surface area (Å²) in [4.78, 5) is 26.7. The summed E-state index contributed by atoms with van der Waals surface area (Å²) in [5, 5.41) is 11.2. The van der Waals surface area contributed by atoms with Crippen molar-refractivity contribution in [2.24, 2.45) is 23.4 Å². The lowest BCUT2D eigenvalue weighted by Gasteiger charge is -2.38. The Morgan fingerprint density at radius 3 is 2.64 bits per heavy atom. The number of alkyl halides is 1. The third-order valence-electron chi connectivity index (χ3n) is 6.65. The number of nitrogens with two attached hydrogens (primary N) is 2. The molecule has 0 aromatic heterocycles. The van der Waals surface area contributed by atoms with Crippen LogP contribution in [0.3, 0.4) is 0 Å². The van der Waals surface area contributed by atoms with Gasteiger partial charge in [0.25, 0.3) is 0 Å². The minimum atomic E-state index is -1.37. The SMILES string of the molecule is CC(F)/C(=C(/N)COc1ccc(Cl)c2c1C(C)N(C(=O)C1CCCC1C(=O)O)CC2)N(C)N.